The van der Waals surface area contributed by atoms with Crippen molar-refractivity contribution < 1.29 is 0 Å². The molecular formula is C14H23N3. The lowest BCUT2D eigenvalue weighted by Crippen LogP contribution is -2.39. The van der Waals surface area contributed by atoms with Gasteiger partial charge in [0.1, 0.15) is 0 Å². The van der Waals surface area contributed by atoms with E-state index in [0.29, 0.717) is 12.1 Å². The van der Waals surface area contributed by atoms with Crippen molar-refractivity contribution in [2.24, 2.45) is 7.05 Å². The molecule has 1 aromatic rings. The maximum atomic E-state index is 3.69. The average Bonchev–Trinajstić information content (AvgIpc) is 3.02. The zero-order chi connectivity index (χ0) is 11.7. The van der Waals surface area contributed by atoms with Gasteiger partial charge in [0.25, 0.3) is 0 Å². The van der Waals surface area contributed by atoms with Crippen LogP contribution in [0.5, 0.6) is 0 Å². The number of aryl methyl sites for hydroxylation is 1. The molecule has 2 saturated heterocycles. The molecule has 2 fully saturated rings. The molecule has 0 aromatic carbocycles. The lowest BCUT2D eigenvalue weighted by molar-refractivity contribution is 0.202. The smallest absolute Gasteiger partial charge is 0.0516 e. The summed E-state index contributed by atoms with van der Waals surface area (Å²) in [5.74, 6) is 0. The molecule has 0 saturated carbocycles. The van der Waals surface area contributed by atoms with E-state index in [9.17, 15) is 0 Å². The van der Waals surface area contributed by atoms with Gasteiger partial charge in [-0.3, -0.25) is 4.90 Å². The highest BCUT2D eigenvalue weighted by molar-refractivity contribution is 5.19. The monoisotopic (exact) mass is 233 g/mol. The molecule has 3 nitrogen and oxygen atoms in total. The summed E-state index contributed by atoms with van der Waals surface area (Å²) >= 11 is 0. The normalized spacial score (nSPS) is 27.7. The molecule has 2 aliphatic heterocycles. The molecule has 3 heteroatoms. The van der Waals surface area contributed by atoms with Gasteiger partial charge in [-0.15, -0.1) is 0 Å². The van der Waals surface area contributed by atoms with Crippen LogP contribution in [0, 0.1) is 0 Å². The Bertz CT molecular complexity index is 343. The molecule has 2 aliphatic rings. The quantitative estimate of drug-likeness (QED) is 0.860. The van der Waals surface area contributed by atoms with Gasteiger partial charge in [-0.1, -0.05) is 0 Å². The zero-order valence-electron chi connectivity index (χ0n) is 10.7. The molecule has 3 rings (SSSR count). The van der Waals surface area contributed by atoms with E-state index in [0.717, 1.165) is 0 Å². The first-order valence-electron chi connectivity index (χ1n) is 6.94. The second-order valence-electron chi connectivity index (χ2n) is 5.50. The summed E-state index contributed by atoms with van der Waals surface area (Å²) in [6.07, 6.45) is 9.88. The molecule has 94 valence electrons. The fraction of sp³-hybridized carbons (Fsp3) is 0.714. The highest BCUT2D eigenvalue weighted by atomic mass is 15.2. The molecule has 0 radical (unpaired) electrons. The highest BCUT2D eigenvalue weighted by Gasteiger charge is 2.32. The van der Waals surface area contributed by atoms with Crippen molar-refractivity contribution in [3.05, 3.63) is 24.0 Å². The Morgan fingerprint density at radius 2 is 2.12 bits per heavy atom. The van der Waals surface area contributed by atoms with Crippen molar-refractivity contribution in [1.82, 2.24) is 14.8 Å². The Balaban J connectivity index is 1.84. The molecule has 0 amide bonds. The SMILES string of the molecule is Cn1ccc(C(C2CCCN2)N2CCCC2)c1. The van der Waals surface area contributed by atoms with Gasteiger partial charge in [0, 0.05) is 25.5 Å². The van der Waals surface area contributed by atoms with E-state index >= 15 is 0 Å². The van der Waals surface area contributed by atoms with Crippen LogP contribution in [-0.2, 0) is 7.05 Å². The summed E-state index contributed by atoms with van der Waals surface area (Å²) < 4.78 is 2.17. The fourth-order valence-corrected chi connectivity index (χ4v) is 3.40. The van der Waals surface area contributed by atoms with Gasteiger partial charge in [-0.25, -0.2) is 0 Å². The predicted octanol–water partition coefficient (Wildman–Crippen LogP) is 1.91. The van der Waals surface area contributed by atoms with E-state index < -0.39 is 0 Å². The Morgan fingerprint density at radius 3 is 2.71 bits per heavy atom. The lowest BCUT2D eigenvalue weighted by Gasteiger charge is -2.32. The van der Waals surface area contributed by atoms with Gasteiger partial charge < -0.3 is 9.88 Å². The van der Waals surface area contributed by atoms with Crippen LogP contribution in [0.1, 0.15) is 37.3 Å². The summed E-state index contributed by atoms with van der Waals surface area (Å²) in [5, 5.41) is 3.69. The zero-order valence-corrected chi connectivity index (χ0v) is 10.7. The second kappa shape index (κ2) is 4.83. The van der Waals surface area contributed by atoms with Gasteiger partial charge in [0.2, 0.25) is 0 Å². The second-order valence-corrected chi connectivity index (χ2v) is 5.50. The molecule has 2 atom stereocenters. The minimum atomic E-state index is 0.598. The first-order valence-corrected chi connectivity index (χ1v) is 6.94. The molecule has 3 heterocycles. The van der Waals surface area contributed by atoms with Gasteiger partial charge in [0.05, 0.1) is 6.04 Å². The van der Waals surface area contributed by atoms with E-state index in [1.54, 1.807) is 0 Å². The molecule has 17 heavy (non-hydrogen) atoms. The summed E-state index contributed by atoms with van der Waals surface area (Å²) in [7, 11) is 2.12. The fourth-order valence-electron chi connectivity index (χ4n) is 3.40. The van der Waals surface area contributed by atoms with E-state index in [1.165, 1.54) is 50.9 Å². The van der Waals surface area contributed by atoms with Crippen LogP contribution in [-0.4, -0.2) is 35.1 Å². The average molecular weight is 233 g/mol. The summed E-state index contributed by atoms with van der Waals surface area (Å²) in [5.41, 5.74) is 1.49. The van der Waals surface area contributed by atoms with Crippen molar-refractivity contribution in [3.8, 4) is 0 Å². The third-order valence-electron chi connectivity index (χ3n) is 4.21. The van der Waals surface area contributed by atoms with Gasteiger partial charge in [-0.05, 0) is 56.9 Å². The van der Waals surface area contributed by atoms with Crippen LogP contribution in [0.3, 0.4) is 0 Å². The Hall–Kier alpha value is -0.800. The van der Waals surface area contributed by atoms with Crippen molar-refractivity contribution in [3.63, 3.8) is 0 Å². The first-order chi connectivity index (χ1) is 8.34. The Morgan fingerprint density at radius 1 is 1.29 bits per heavy atom. The van der Waals surface area contributed by atoms with Crippen molar-refractivity contribution in [1.29, 1.82) is 0 Å². The maximum absolute atomic E-state index is 3.69. The summed E-state index contributed by atoms with van der Waals surface area (Å²) in [6.45, 7) is 3.75. The predicted molar refractivity (Wildman–Crippen MR) is 70.0 cm³/mol. The maximum Gasteiger partial charge on any atom is 0.0516 e. The van der Waals surface area contributed by atoms with Crippen molar-refractivity contribution >= 4 is 0 Å². The Kier molecular flexibility index (Phi) is 3.21. The van der Waals surface area contributed by atoms with Crippen molar-refractivity contribution in [2.45, 2.75) is 37.8 Å². The third-order valence-corrected chi connectivity index (χ3v) is 4.21. The van der Waals surface area contributed by atoms with E-state index in [2.05, 4.69) is 40.3 Å². The minimum absolute atomic E-state index is 0.598. The number of likely N-dealkylation sites (tertiary alicyclic amines) is 1. The summed E-state index contributed by atoms with van der Waals surface area (Å²) in [6, 6.07) is 3.56. The first kappa shape index (κ1) is 11.3. The van der Waals surface area contributed by atoms with Crippen LogP contribution in [0.15, 0.2) is 18.5 Å². The van der Waals surface area contributed by atoms with Crippen LogP contribution < -0.4 is 5.32 Å². The molecular weight excluding hydrogens is 210 g/mol. The largest absolute Gasteiger partial charge is 0.357 e. The van der Waals surface area contributed by atoms with Gasteiger partial charge >= 0.3 is 0 Å². The summed E-state index contributed by atoms with van der Waals surface area (Å²) in [4.78, 5) is 2.68. The molecule has 0 bridgehead atoms. The molecule has 0 spiro atoms. The molecule has 1 N–H and O–H groups in total. The topological polar surface area (TPSA) is 20.2 Å². The number of nitrogens with one attached hydrogen (secondary N) is 1. The highest BCUT2D eigenvalue weighted by Crippen LogP contribution is 2.31. The molecule has 1 aromatic heterocycles. The van der Waals surface area contributed by atoms with E-state index in [1.807, 2.05) is 0 Å². The molecule has 2 unspecified atom stereocenters. The number of hydrogen-bond acceptors (Lipinski definition) is 2. The lowest BCUT2D eigenvalue weighted by atomic mass is 9.99. The van der Waals surface area contributed by atoms with Crippen LogP contribution in [0.2, 0.25) is 0 Å². The molecule has 0 aliphatic carbocycles. The van der Waals surface area contributed by atoms with E-state index in [-0.39, 0.29) is 0 Å². The standard InChI is InChI=1S/C14H23N3/c1-16-10-6-12(11-16)14(13-5-4-7-15-13)17-8-2-3-9-17/h6,10-11,13-15H,2-5,7-9H2,1H3. The minimum Gasteiger partial charge on any atom is -0.357 e. The Labute approximate surface area is 104 Å². The van der Waals surface area contributed by atoms with Gasteiger partial charge in [0.15, 0.2) is 0 Å². The van der Waals surface area contributed by atoms with Crippen molar-refractivity contribution in [2.75, 3.05) is 19.6 Å². The van der Waals surface area contributed by atoms with Crippen LogP contribution in [0.25, 0.3) is 0 Å². The number of nitrogens with zero attached hydrogens (tertiary/aromatic N) is 2. The number of aromatic nitrogens is 1. The van der Waals surface area contributed by atoms with Gasteiger partial charge in [-0.2, -0.15) is 0 Å². The third kappa shape index (κ3) is 2.26. The number of rotatable bonds is 3. The van der Waals surface area contributed by atoms with E-state index in [4.69, 9.17) is 0 Å². The van der Waals surface area contributed by atoms with Crippen LogP contribution >= 0.6 is 0 Å². The number of hydrogen-bond donors (Lipinski definition) is 1. The van der Waals surface area contributed by atoms with Crippen LogP contribution in [0.4, 0.5) is 0 Å².